The van der Waals surface area contributed by atoms with E-state index in [1.165, 1.54) is 6.33 Å². The number of anilines is 1. The van der Waals surface area contributed by atoms with Crippen molar-refractivity contribution < 1.29 is 9.26 Å². The van der Waals surface area contributed by atoms with Crippen LogP contribution in [0.4, 0.5) is 5.82 Å². The monoisotopic (exact) mass is 262 g/mol. The molecule has 0 saturated heterocycles. The second-order valence-corrected chi connectivity index (χ2v) is 4.15. The summed E-state index contributed by atoms with van der Waals surface area (Å²) in [6.45, 7) is 7.14. The molecule has 0 bridgehead atoms. The lowest BCUT2D eigenvalue weighted by Crippen LogP contribution is -2.08. The minimum absolute atomic E-state index is 0.581. The van der Waals surface area contributed by atoms with E-state index in [-0.39, 0.29) is 0 Å². The minimum atomic E-state index is 0.581. The molecule has 6 nitrogen and oxygen atoms in total. The molecular formula is C13H18N4O2. The van der Waals surface area contributed by atoms with Crippen molar-refractivity contribution in [2.75, 3.05) is 18.5 Å². The van der Waals surface area contributed by atoms with Gasteiger partial charge in [0, 0.05) is 18.2 Å². The first-order valence-electron chi connectivity index (χ1n) is 6.31. The van der Waals surface area contributed by atoms with Crippen LogP contribution in [0, 0.1) is 13.8 Å². The molecule has 102 valence electrons. The molecular weight excluding hydrogens is 244 g/mol. The first kappa shape index (κ1) is 13.3. The zero-order valence-corrected chi connectivity index (χ0v) is 11.4. The lowest BCUT2D eigenvalue weighted by atomic mass is 10.1. The van der Waals surface area contributed by atoms with E-state index >= 15 is 0 Å². The van der Waals surface area contributed by atoms with E-state index in [0.717, 1.165) is 35.8 Å². The second-order valence-electron chi connectivity index (χ2n) is 4.15. The molecule has 19 heavy (non-hydrogen) atoms. The second kappa shape index (κ2) is 6.17. The average molecular weight is 262 g/mol. The Morgan fingerprint density at radius 2 is 2.16 bits per heavy atom. The Morgan fingerprint density at radius 1 is 1.32 bits per heavy atom. The van der Waals surface area contributed by atoms with Crippen molar-refractivity contribution in [2.24, 2.45) is 0 Å². The first-order valence-corrected chi connectivity index (χ1v) is 6.31. The van der Waals surface area contributed by atoms with Crippen LogP contribution in [0.3, 0.4) is 0 Å². The van der Waals surface area contributed by atoms with E-state index in [0.29, 0.717) is 12.5 Å². The van der Waals surface area contributed by atoms with Crippen LogP contribution in [-0.2, 0) is 6.42 Å². The van der Waals surface area contributed by atoms with Crippen LogP contribution in [0.5, 0.6) is 5.88 Å². The molecule has 1 N–H and O–H groups in total. The summed E-state index contributed by atoms with van der Waals surface area (Å²) in [7, 11) is 0. The fraction of sp³-hybridized carbons (Fsp3) is 0.462. The van der Waals surface area contributed by atoms with Gasteiger partial charge in [-0.2, -0.15) is 0 Å². The van der Waals surface area contributed by atoms with Crippen molar-refractivity contribution in [1.29, 1.82) is 0 Å². The molecule has 0 fully saturated rings. The fourth-order valence-electron chi connectivity index (χ4n) is 1.84. The Morgan fingerprint density at radius 3 is 2.84 bits per heavy atom. The zero-order chi connectivity index (χ0) is 13.7. The van der Waals surface area contributed by atoms with Crippen molar-refractivity contribution in [3.63, 3.8) is 0 Å². The molecule has 0 saturated carbocycles. The molecule has 0 aliphatic carbocycles. The Balaban J connectivity index is 1.90. The smallest absolute Gasteiger partial charge is 0.218 e. The van der Waals surface area contributed by atoms with Gasteiger partial charge in [0.1, 0.15) is 17.9 Å². The normalized spacial score (nSPS) is 10.5. The third-order valence-corrected chi connectivity index (χ3v) is 2.80. The van der Waals surface area contributed by atoms with Crippen molar-refractivity contribution in [1.82, 2.24) is 15.1 Å². The highest BCUT2D eigenvalue weighted by Crippen LogP contribution is 2.14. The molecule has 0 unspecified atom stereocenters. The SMILES string of the molecule is CCOc1cc(NCCc2c(C)noc2C)ncn1. The molecule has 0 aliphatic heterocycles. The Bertz CT molecular complexity index is 520. The van der Waals surface area contributed by atoms with Gasteiger partial charge in [0.2, 0.25) is 5.88 Å². The molecule has 0 spiro atoms. The van der Waals surface area contributed by atoms with Crippen molar-refractivity contribution in [2.45, 2.75) is 27.2 Å². The number of nitrogens with zero attached hydrogens (tertiary/aromatic N) is 3. The highest BCUT2D eigenvalue weighted by atomic mass is 16.5. The molecule has 2 heterocycles. The minimum Gasteiger partial charge on any atom is -0.478 e. The summed E-state index contributed by atoms with van der Waals surface area (Å²) in [6.07, 6.45) is 2.33. The number of nitrogens with one attached hydrogen (secondary N) is 1. The lowest BCUT2D eigenvalue weighted by molar-refractivity contribution is 0.326. The van der Waals surface area contributed by atoms with E-state index in [4.69, 9.17) is 9.26 Å². The molecule has 2 aromatic heterocycles. The van der Waals surface area contributed by atoms with Gasteiger partial charge in [0.15, 0.2) is 0 Å². The largest absolute Gasteiger partial charge is 0.478 e. The topological polar surface area (TPSA) is 73.1 Å². The van der Waals surface area contributed by atoms with Crippen LogP contribution < -0.4 is 10.1 Å². The summed E-state index contributed by atoms with van der Waals surface area (Å²) in [5.41, 5.74) is 2.09. The summed E-state index contributed by atoms with van der Waals surface area (Å²) in [5, 5.41) is 7.17. The predicted molar refractivity (Wildman–Crippen MR) is 71.4 cm³/mol. The summed E-state index contributed by atoms with van der Waals surface area (Å²) in [6, 6.07) is 1.79. The average Bonchev–Trinajstić information content (AvgIpc) is 2.71. The van der Waals surface area contributed by atoms with Crippen molar-refractivity contribution >= 4 is 5.82 Å². The number of aryl methyl sites for hydroxylation is 2. The summed E-state index contributed by atoms with van der Waals surface area (Å²) in [5.74, 6) is 2.21. The number of hydrogen-bond acceptors (Lipinski definition) is 6. The standard InChI is InChI=1S/C13H18N4O2/c1-4-18-13-7-12(15-8-16-13)14-6-5-11-9(2)17-19-10(11)3/h7-8H,4-6H2,1-3H3,(H,14,15,16). The molecule has 0 radical (unpaired) electrons. The summed E-state index contributed by atoms with van der Waals surface area (Å²) >= 11 is 0. The summed E-state index contributed by atoms with van der Waals surface area (Å²) < 4.78 is 10.4. The number of hydrogen-bond donors (Lipinski definition) is 1. The third kappa shape index (κ3) is 3.43. The van der Waals surface area contributed by atoms with Gasteiger partial charge >= 0.3 is 0 Å². The van der Waals surface area contributed by atoms with Gasteiger partial charge in [-0.05, 0) is 27.2 Å². The first-order chi connectivity index (χ1) is 9.20. The molecule has 0 amide bonds. The van der Waals surface area contributed by atoms with Gasteiger partial charge in [-0.1, -0.05) is 5.16 Å². The fourth-order valence-corrected chi connectivity index (χ4v) is 1.84. The van der Waals surface area contributed by atoms with Crippen LogP contribution in [0.2, 0.25) is 0 Å². The molecule has 0 aromatic carbocycles. The van der Waals surface area contributed by atoms with Gasteiger partial charge in [-0.15, -0.1) is 0 Å². The number of rotatable bonds is 6. The van der Waals surface area contributed by atoms with Crippen molar-refractivity contribution in [3.05, 3.63) is 29.4 Å². The van der Waals surface area contributed by atoms with E-state index in [1.807, 2.05) is 20.8 Å². The Kier molecular flexibility index (Phi) is 4.33. The van der Waals surface area contributed by atoms with Gasteiger partial charge in [0.25, 0.3) is 0 Å². The molecule has 6 heteroatoms. The molecule has 2 rings (SSSR count). The maximum Gasteiger partial charge on any atom is 0.218 e. The predicted octanol–water partition coefficient (Wildman–Crippen LogP) is 2.13. The van der Waals surface area contributed by atoms with Gasteiger partial charge in [-0.25, -0.2) is 9.97 Å². The van der Waals surface area contributed by atoms with Crippen LogP contribution >= 0.6 is 0 Å². The van der Waals surface area contributed by atoms with Gasteiger partial charge in [0.05, 0.1) is 12.3 Å². The van der Waals surface area contributed by atoms with Crippen LogP contribution in [0.1, 0.15) is 23.9 Å². The molecule has 2 aromatic rings. The maximum absolute atomic E-state index is 5.32. The molecule has 0 aliphatic rings. The highest BCUT2D eigenvalue weighted by molar-refractivity contribution is 5.37. The van der Waals surface area contributed by atoms with Crippen LogP contribution in [0.15, 0.2) is 16.9 Å². The maximum atomic E-state index is 5.32. The van der Waals surface area contributed by atoms with Gasteiger partial charge in [-0.3, -0.25) is 0 Å². The Hall–Kier alpha value is -2.11. The highest BCUT2D eigenvalue weighted by Gasteiger charge is 2.08. The number of ether oxygens (including phenoxy) is 1. The van der Waals surface area contributed by atoms with Gasteiger partial charge < -0.3 is 14.6 Å². The quantitative estimate of drug-likeness (QED) is 0.859. The van der Waals surface area contributed by atoms with E-state index in [1.54, 1.807) is 6.07 Å². The number of aromatic nitrogens is 3. The Labute approximate surface area is 112 Å². The van der Waals surface area contributed by atoms with Crippen molar-refractivity contribution in [3.8, 4) is 5.88 Å². The van der Waals surface area contributed by atoms with E-state index in [9.17, 15) is 0 Å². The summed E-state index contributed by atoms with van der Waals surface area (Å²) in [4.78, 5) is 8.16. The lowest BCUT2D eigenvalue weighted by Gasteiger charge is -2.07. The zero-order valence-electron chi connectivity index (χ0n) is 11.4. The third-order valence-electron chi connectivity index (χ3n) is 2.80. The van der Waals surface area contributed by atoms with E-state index < -0.39 is 0 Å². The van der Waals surface area contributed by atoms with Crippen LogP contribution in [0.25, 0.3) is 0 Å². The van der Waals surface area contributed by atoms with Crippen LogP contribution in [-0.4, -0.2) is 28.3 Å². The molecule has 0 atom stereocenters. The van der Waals surface area contributed by atoms with E-state index in [2.05, 4.69) is 20.4 Å².